The second-order valence-electron chi connectivity index (χ2n) is 5.74. The van der Waals surface area contributed by atoms with Crippen molar-refractivity contribution in [3.63, 3.8) is 0 Å². The molecule has 1 aliphatic heterocycles. The van der Waals surface area contributed by atoms with Gasteiger partial charge in [-0.25, -0.2) is 4.68 Å². The van der Waals surface area contributed by atoms with Crippen molar-refractivity contribution >= 4 is 11.9 Å². The van der Waals surface area contributed by atoms with Crippen LogP contribution in [0.3, 0.4) is 0 Å². The molecule has 3 rings (SSSR count). The predicted molar refractivity (Wildman–Crippen MR) is 90.5 cm³/mol. The summed E-state index contributed by atoms with van der Waals surface area (Å²) in [7, 11) is 0. The van der Waals surface area contributed by atoms with Crippen molar-refractivity contribution in [2.75, 3.05) is 11.9 Å². The Bertz CT molecular complexity index is 755. The highest BCUT2D eigenvalue weighted by atomic mass is 16.5. The fourth-order valence-corrected chi connectivity index (χ4v) is 2.92. The van der Waals surface area contributed by atoms with Crippen molar-refractivity contribution in [1.29, 1.82) is 0 Å². The molecule has 0 unspecified atom stereocenters. The number of anilines is 1. The Hall–Kier alpha value is -2.83. The maximum Gasteiger partial charge on any atom is 0.229 e. The Labute approximate surface area is 140 Å². The zero-order valence-electron chi connectivity index (χ0n) is 13.6. The molecule has 2 heterocycles. The normalized spacial score (nSPS) is 19.5. The number of nitrogens with one attached hydrogen (secondary N) is 1. The van der Waals surface area contributed by atoms with Crippen molar-refractivity contribution in [3.05, 3.63) is 48.4 Å². The first kappa shape index (κ1) is 16.0. The molecule has 0 bridgehead atoms. The number of para-hydroxylation sites is 1. The van der Waals surface area contributed by atoms with Gasteiger partial charge in [-0.3, -0.25) is 4.79 Å². The molecule has 0 saturated heterocycles. The Morgan fingerprint density at radius 2 is 2.25 bits per heavy atom. The average molecular weight is 327 g/mol. The molecular weight excluding hydrogens is 306 g/mol. The first-order valence-electron chi connectivity index (χ1n) is 7.99. The number of nitrogens with zero attached hydrogens (tertiary/aromatic N) is 3. The van der Waals surface area contributed by atoms with Crippen LogP contribution in [0, 0.1) is 5.92 Å². The number of ether oxygens (including phenoxy) is 1. The summed E-state index contributed by atoms with van der Waals surface area (Å²) < 4.78 is 7.58. The van der Waals surface area contributed by atoms with E-state index in [0.29, 0.717) is 18.3 Å². The molecule has 7 nitrogen and oxygen atoms in total. The average Bonchev–Trinajstić information content (AvgIpc) is 3.02. The van der Waals surface area contributed by atoms with Gasteiger partial charge in [-0.2, -0.15) is 10.1 Å². The van der Waals surface area contributed by atoms with E-state index in [1.807, 2.05) is 24.3 Å². The summed E-state index contributed by atoms with van der Waals surface area (Å²) in [6.07, 6.45) is 3.44. The molecule has 1 amide bonds. The molecule has 0 aliphatic carbocycles. The molecule has 0 saturated carbocycles. The third-order valence-electron chi connectivity index (χ3n) is 4.10. The molecule has 24 heavy (non-hydrogen) atoms. The van der Waals surface area contributed by atoms with Gasteiger partial charge in [0.1, 0.15) is 24.0 Å². The predicted octanol–water partition coefficient (Wildman–Crippen LogP) is 2.09. The number of nitrogens with two attached hydrogens (primary N) is 1. The maximum absolute atomic E-state index is 12.1. The van der Waals surface area contributed by atoms with Gasteiger partial charge < -0.3 is 15.8 Å². The number of hydrogen-bond acceptors (Lipinski definition) is 5. The molecule has 0 fully saturated rings. The molecule has 126 valence electrons. The molecule has 0 spiro atoms. The summed E-state index contributed by atoms with van der Waals surface area (Å²) in [6, 6.07) is 7.19. The zero-order valence-corrected chi connectivity index (χ0v) is 13.6. The van der Waals surface area contributed by atoms with E-state index < -0.39 is 17.9 Å². The fourth-order valence-electron chi connectivity index (χ4n) is 2.92. The quantitative estimate of drug-likeness (QED) is 0.792. The lowest BCUT2D eigenvalue weighted by Gasteiger charge is -2.33. The number of fused-ring (bicyclic) bond motifs is 1. The van der Waals surface area contributed by atoms with Gasteiger partial charge in [0.2, 0.25) is 11.9 Å². The van der Waals surface area contributed by atoms with Gasteiger partial charge in [-0.15, -0.1) is 0 Å². The van der Waals surface area contributed by atoms with E-state index in [4.69, 9.17) is 10.5 Å². The Balaban J connectivity index is 2.06. The first-order valence-corrected chi connectivity index (χ1v) is 7.99. The summed E-state index contributed by atoms with van der Waals surface area (Å²) in [5.41, 5.74) is 6.99. The van der Waals surface area contributed by atoms with Crippen LogP contribution in [0.5, 0.6) is 5.75 Å². The first-order chi connectivity index (χ1) is 11.6. The molecule has 2 aromatic rings. The highest BCUT2D eigenvalue weighted by Gasteiger charge is 2.39. The Kier molecular flexibility index (Phi) is 4.50. The minimum Gasteiger partial charge on any atom is -0.493 e. The highest BCUT2D eigenvalue weighted by Crippen LogP contribution is 2.40. The van der Waals surface area contributed by atoms with Crippen LogP contribution in [-0.2, 0) is 4.79 Å². The van der Waals surface area contributed by atoms with Crippen LogP contribution in [0.4, 0.5) is 5.95 Å². The summed E-state index contributed by atoms with van der Waals surface area (Å²) in [5, 5.41) is 7.25. The summed E-state index contributed by atoms with van der Waals surface area (Å²) in [5.74, 6) is 0.140. The standard InChI is InChI=1S/C17H21N5O2/c1-3-4-9-24-13-8-6-5-7-12(13)15-14(16(18)23)11(2)21-17-19-10-20-22(15)17/h5-8,10,14-15H,2-4,9H2,1H3,(H2,18,23)(H,19,20,21)/t14-,15+/m0/s1. The van der Waals surface area contributed by atoms with E-state index in [1.165, 1.54) is 6.33 Å². The number of carbonyl (C=O) groups is 1. The smallest absolute Gasteiger partial charge is 0.229 e. The molecule has 7 heteroatoms. The molecular formula is C17H21N5O2. The summed E-state index contributed by atoms with van der Waals surface area (Å²) in [4.78, 5) is 16.2. The van der Waals surface area contributed by atoms with Gasteiger partial charge in [0.05, 0.1) is 6.61 Å². The van der Waals surface area contributed by atoms with Gasteiger partial charge in [0, 0.05) is 11.3 Å². The van der Waals surface area contributed by atoms with E-state index in [9.17, 15) is 4.79 Å². The van der Waals surface area contributed by atoms with E-state index in [1.54, 1.807) is 4.68 Å². The number of unbranched alkanes of at least 4 members (excludes halogenated alkanes) is 1. The highest BCUT2D eigenvalue weighted by molar-refractivity contribution is 5.82. The van der Waals surface area contributed by atoms with Crippen molar-refractivity contribution in [1.82, 2.24) is 14.8 Å². The van der Waals surface area contributed by atoms with Gasteiger partial charge in [-0.05, 0) is 12.5 Å². The topological polar surface area (TPSA) is 95.1 Å². The van der Waals surface area contributed by atoms with E-state index >= 15 is 0 Å². The van der Waals surface area contributed by atoms with Crippen molar-refractivity contribution in [2.24, 2.45) is 11.7 Å². The molecule has 1 aromatic heterocycles. The number of primary amides is 1. The van der Waals surface area contributed by atoms with Gasteiger partial charge in [-0.1, -0.05) is 38.1 Å². The van der Waals surface area contributed by atoms with Crippen LogP contribution in [0.25, 0.3) is 0 Å². The molecule has 1 aromatic carbocycles. The van der Waals surface area contributed by atoms with Gasteiger partial charge in [0.15, 0.2) is 0 Å². The van der Waals surface area contributed by atoms with E-state index in [2.05, 4.69) is 28.9 Å². The number of carbonyl (C=O) groups excluding carboxylic acids is 1. The number of hydrogen-bond donors (Lipinski definition) is 2. The van der Waals surface area contributed by atoms with Crippen molar-refractivity contribution in [2.45, 2.75) is 25.8 Å². The lowest BCUT2D eigenvalue weighted by molar-refractivity contribution is -0.121. The molecule has 0 radical (unpaired) electrons. The van der Waals surface area contributed by atoms with Crippen LogP contribution in [0.15, 0.2) is 42.9 Å². The van der Waals surface area contributed by atoms with Crippen LogP contribution in [-0.4, -0.2) is 27.3 Å². The van der Waals surface area contributed by atoms with E-state index in [0.717, 1.165) is 24.2 Å². The van der Waals surface area contributed by atoms with Crippen molar-refractivity contribution < 1.29 is 9.53 Å². The fraction of sp³-hybridized carbons (Fsp3) is 0.353. The number of benzene rings is 1. The lowest BCUT2D eigenvalue weighted by atomic mass is 9.88. The molecule has 3 N–H and O–H groups in total. The number of aromatic nitrogens is 3. The molecule has 2 atom stereocenters. The van der Waals surface area contributed by atoms with Gasteiger partial charge in [0.25, 0.3) is 0 Å². The third kappa shape index (κ3) is 2.84. The number of rotatable bonds is 6. The monoisotopic (exact) mass is 327 g/mol. The second-order valence-corrected chi connectivity index (χ2v) is 5.74. The summed E-state index contributed by atoms with van der Waals surface area (Å²) >= 11 is 0. The van der Waals surface area contributed by atoms with E-state index in [-0.39, 0.29) is 0 Å². The third-order valence-corrected chi connectivity index (χ3v) is 4.10. The SMILES string of the molecule is C=C1Nc2ncnn2[C@H](c2ccccc2OCCCC)[C@H]1C(N)=O. The minimum absolute atomic E-state index is 0.438. The second kappa shape index (κ2) is 6.74. The maximum atomic E-state index is 12.1. The minimum atomic E-state index is -0.643. The van der Waals surface area contributed by atoms with Crippen LogP contribution < -0.4 is 15.8 Å². The summed E-state index contributed by atoms with van der Waals surface area (Å²) in [6.45, 7) is 6.67. The van der Waals surface area contributed by atoms with Crippen molar-refractivity contribution in [3.8, 4) is 5.75 Å². The van der Waals surface area contributed by atoms with Crippen LogP contribution in [0.1, 0.15) is 31.4 Å². The van der Waals surface area contributed by atoms with Gasteiger partial charge >= 0.3 is 0 Å². The Morgan fingerprint density at radius 1 is 1.46 bits per heavy atom. The largest absolute Gasteiger partial charge is 0.493 e. The lowest BCUT2D eigenvalue weighted by Crippen LogP contribution is -2.40. The number of amides is 1. The Morgan fingerprint density at radius 3 is 3.00 bits per heavy atom. The zero-order chi connectivity index (χ0) is 17.1. The van der Waals surface area contributed by atoms with Crippen LogP contribution >= 0.6 is 0 Å². The van der Waals surface area contributed by atoms with Crippen LogP contribution in [0.2, 0.25) is 0 Å². The molecule has 1 aliphatic rings.